The van der Waals surface area contributed by atoms with Crippen molar-refractivity contribution in [1.29, 1.82) is 0 Å². The Morgan fingerprint density at radius 1 is 1.21 bits per heavy atom. The van der Waals surface area contributed by atoms with Crippen LogP contribution in [0.5, 0.6) is 0 Å². The van der Waals surface area contributed by atoms with E-state index in [4.69, 9.17) is 9.47 Å². The lowest BCUT2D eigenvalue weighted by atomic mass is 10.0. The van der Waals surface area contributed by atoms with E-state index in [-0.39, 0.29) is 12.1 Å². The van der Waals surface area contributed by atoms with Crippen LogP contribution in [0.4, 0.5) is 4.79 Å². The number of likely N-dealkylation sites (tertiary alicyclic amines) is 1. The van der Waals surface area contributed by atoms with Gasteiger partial charge in [-0.2, -0.15) is 0 Å². The molecule has 2 amide bonds. The van der Waals surface area contributed by atoms with Crippen molar-refractivity contribution in [3.05, 3.63) is 35.9 Å². The number of hydrogen-bond acceptors (Lipinski definition) is 3. The Balaban J connectivity index is 1.39. The number of carbonyl (C=O) groups is 1. The third kappa shape index (κ3) is 3.15. The number of amides is 2. The maximum atomic E-state index is 12.8. The van der Waals surface area contributed by atoms with Gasteiger partial charge < -0.3 is 19.7 Å². The highest BCUT2D eigenvalue weighted by molar-refractivity contribution is 5.75. The zero-order chi connectivity index (χ0) is 16.6. The summed E-state index contributed by atoms with van der Waals surface area (Å²) in [4.78, 5) is 14.7. The highest BCUT2D eigenvalue weighted by atomic mass is 16.7. The van der Waals surface area contributed by atoms with E-state index in [1.165, 1.54) is 12.0 Å². The lowest BCUT2D eigenvalue weighted by Crippen LogP contribution is -2.51. The average Bonchev–Trinajstić information content (AvgIpc) is 3.16. The predicted molar refractivity (Wildman–Crippen MR) is 90.4 cm³/mol. The SMILES string of the molecule is C[C@@H]1C[C@H]1[C@H](NC(=O)N1CCC2(CC1)OCCO2)c1ccccc1. The fourth-order valence-corrected chi connectivity index (χ4v) is 3.97. The molecule has 0 bridgehead atoms. The van der Waals surface area contributed by atoms with E-state index in [2.05, 4.69) is 24.4 Å². The van der Waals surface area contributed by atoms with Crippen molar-refractivity contribution in [2.24, 2.45) is 11.8 Å². The average molecular weight is 330 g/mol. The highest BCUT2D eigenvalue weighted by Crippen LogP contribution is 2.47. The molecule has 2 aliphatic heterocycles. The number of nitrogens with one attached hydrogen (secondary N) is 1. The first-order chi connectivity index (χ1) is 11.7. The molecule has 1 N–H and O–H groups in total. The molecule has 5 nitrogen and oxygen atoms in total. The number of benzene rings is 1. The van der Waals surface area contributed by atoms with Crippen LogP contribution in [0, 0.1) is 11.8 Å². The predicted octanol–water partition coefficient (Wildman–Crippen LogP) is 2.93. The molecule has 130 valence electrons. The minimum atomic E-state index is -0.430. The van der Waals surface area contributed by atoms with Gasteiger partial charge in [0.15, 0.2) is 5.79 Å². The van der Waals surface area contributed by atoms with E-state index in [9.17, 15) is 4.79 Å². The molecule has 0 radical (unpaired) electrons. The molecule has 2 saturated heterocycles. The van der Waals surface area contributed by atoms with Crippen LogP contribution in [0.1, 0.15) is 37.8 Å². The van der Waals surface area contributed by atoms with Crippen LogP contribution in [0.15, 0.2) is 30.3 Å². The smallest absolute Gasteiger partial charge is 0.317 e. The van der Waals surface area contributed by atoms with Gasteiger partial charge in [0.2, 0.25) is 0 Å². The number of urea groups is 1. The lowest BCUT2D eigenvalue weighted by molar-refractivity contribution is -0.181. The van der Waals surface area contributed by atoms with Gasteiger partial charge in [-0.15, -0.1) is 0 Å². The number of rotatable bonds is 3. The van der Waals surface area contributed by atoms with Crippen molar-refractivity contribution < 1.29 is 14.3 Å². The summed E-state index contributed by atoms with van der Waals surface area (Å²) < 4.78 is 11.5. The molecule has 3 atom stereocenters. The van der Waals surface area contributed by atoms with Gasteiger partial charge in [-0.25, -0.2) is 4.79 Å². The van der Waals surface area contributed by atoms with E-state index in [1.54, 1.807) is 0 Å². The third-order valence-corrected chi connectivity index (χ3v) is 5.66. The molecule has 0 unspecified atom stereocenters. The van der Waals surface area contributed by atoms with Crippen molar-refractivity contribution in [3.8, 4) is 0 Å². The van der Waals surface area contributed by atoms with Gasteiger partial charge in [0.1, 0.15) is 0 Å². The normalized spacial score (nSPS) is 29.5. The fourth-order valence-electron chi connectivity index (χ4n) is 3.97. The second-order valence-electron chi connectivity index (χ2n) is 7.31. The van der Waals surface area contributed by atoms with E-state index in [1.807, 2.05) is 23.1 Å². The van der Waals surface area contributed by atoms with Crippen LogP contribution in [-0.4, -0.2) is 43.0 Å². The lowest BCUT2D eigenvalue weighted by Gasteiger charge is -2.38. The molecule has 24 heavy (non-hydrogen) atoms. The molecular formula is C19H26N2O3. The van der Waals surface area contributed by atoms with Gasteiger partial charge >= 0.3 is 6.03 Å². The molecule has 0 aromatic heterocycles. The number of nitrogens with zero attached hydrogens (tertiary/aromatic N) is 1. The summed E-state index contributed by atoms with van der Waals surface area (Å²) in [6.45, 7) is 4.97. The van der Waals surface area contributed by atoms with Gasteiger partial charge in [-0.1, -0.05) is 37.3 Å². The maximum absolute atomic E-state index is 12.8. The Morgan fingerprint density at radius 3 is 2.42 bits per heavy atom. The van der Waals surface area contributed by atoms with Crippen molar-refractivity contribution in [2.45, 2.75) is 38.0 Å². The molecular weight excluding hydrogens is 304 g/mol. The third-order valence-electron chi connectivity index (χ3n) is 5.66. The van der Waals surface area contributed by atoms with Gasteiger partial charge in [-0.05, 0) is 23.8 Å². The van der Waals surface area contributed by atoms with E-state index < -0.39 is 5.79 Å². The Labute approximate surface area is 143 Å². The van der Waals surface area contributed by atoms with Crippen LogP contribution in [0.25, 0.3) is 0 Å². The molecule has 4 rings (SSSR count). The van der Waals surface area contributed by atoms with Gasteiger partial charge in [0.05, 0.1) is 19.3 Å². The molecule has 1 aromatic carbocycles. The van der Waals surface area contributed by atoms with Crippen molar-refractivity contribution in [2.75, 3.05) is 26.3 Å². The quantitative estimate of drug-likeness (QED) is 0.927. The Hall–Kier alpha value is -1.59. The largest absolute Gasteiger partial charge is 0.347 e. The standard InChI is InChI=1S/C19H26N2O3/c1-14-13-16(14)17(15-5-3-2-4-6-15)20-18(22)21-9-7-19(8-10-21)23-11-12-24-19/h2-6,14,16-17H,7-13H2,1H3,(H,20,22)/t14-,16-,17-/m1/s1. The summed E-state index contributed by atoms with van der Waals surface area (Å²) in [5.74, 6) is 0.801. The summed E-state index contributed by atoms with van der Waals surface area (Å²) in [5, 5.41) is 3.28. The van der Waals surface area contributed by atoms with Crippen molar-refractivity contribution in [3.63, 3.8) is 0 Å². The molecule has 3 fully saturated rings. The second kappa shape index (κ2) is 6.37. The van der Waals surface area contributed by atoms with Gasteiger partial charge in [-0.3, -0.25) is 0 Å². The summed E-state index contributed by atoms with van der Waals surface area (Å²) in [5.41, 5.74) is 1.20. The zero-order valence-corrected chi connectivity index (χ0v) is 14.2. The summed E-state index contributed by atoms with van der Waals surface area (Å²) >= 11 is 0. The Bertz CT molecular complexity index is 576. The molecule has 5 heteroatoms. The number of piperidine rings is 1. The minimum absolute atomic E-state index is 0.0378. The Morgan fingerprint density at radius 2 is 1.83 bits per heavy atom. The van der Waals surface area contributed by atoms with E-state index in [0.717, 1.165) is 12.8 Å². The van der Waals surface area contributed by atoms with Gasteiger partial charge in [0.25, 0.3) is 0 Å². The molecule has 1 saturated carbocycles. The summed E-state index contributed by atoms with van der Waals surface area (Å²) in [6.07, 6.45) is 2.71. The number of hydrogen-bond donors (Lipinski definition) is 1. The van der Waals surface area contributed by atoms with Crippen LogP contribution < -0.4 is 5.32 Å². The molecule has 1 aromatic rings. The maximum Gasteiger partial charge on any atom is 0.317 e. The summed E-state index contributed by atoms with van der Waals surface area (Å²) in [7, 11) is 0. The van der Waals surface area contributed by atoms with Crippen LogP contribution in [0.2, 0.25) is 0 Å². The molecule has 1 aliphatic carbocycles. The van der Waals surface area contributed by atoms with Crippen LogP contribution in [0.3, 0.4) is 0 Å². The minimum Gasteiger partial charge on any atom is -0.347 e. The topological polar surface area (TPSA) is 50.8 Å². The monoisotopic (exact) mass is 330 g/mol. The van der Waals surface area contributed by atoms with Crippen LogP contribution in [-0.2, 0) is 9.47 Å². The second-order valence-corrected chi connectivity index (χ2v) is 7.31. The Kier molecular flexibility index (Phi) is 4.22. The van der Waals surface area contributed by atoms with Gasteiger partial charge in [0, 0.05) is 25.9 Å². The summed E-state index contributed by atoms with van der Waals surface area (Å²) in [6, 6.07) is 10.5. The first kappa shape index (κ1) is 15.9. The van der Waals surface area contributed by atoms with Crippen molar-refractivity contribution in [1.82, 2.24) is 10.2 Å². The zero-order valence-electron chi connectivity index (χ0n) is 14.2. The highest BCUT2D eigenvalue weighted by Gasteiger charge is 2.43. The number of carbonyl (C=O) groups excluding carboxylic acids is 1. The molecule has 1 spiro atoms. The van der Waals surface area contributed by atoms with Crippen LogP contribution >= 0.6 is 0 Å². The first-order valence-electron chi connectivity index (χ1n) is 9.05. The first-order valence-corrected chi connectivity index (χ1v) is 9.05. The molecule has 2 heterocycles. The van der Waals surface area contributed by atoms with E-state index >= 15 is 0 Å². The van der Waals surface area contributed by atoms with E-state index in [0.29, 0.717) is 38.1 Å². The van der Waals surface area contributed by atoms with Crippen molar-refractivity contribution >= 4 is 6.03 Å². The fraction of sp³-hybridized carbons (Fsp3) is 0.632. The molecule has 3 aliphatic rings. The number of ether oxygens (including phenoxy) is 2.